The van der Waals surface area contributed by atoms with Gasteiger partial charge in [-0.15, -0.1) is 0 Å². The van der Waals surface area contributed by atoms with E-state index in [9.17, 15) is 13.2 Å². The molecule has 0 aliphatic heterocycles. The van der Waals surface area contributed by atoms with Gasteiger partial charge in [0, 0.05) is 35.6 Å². The van der Waals surface area contributed by atoms with Crippen molar-refractivity contribution in [2.24, 2.45) is 0 Å². The second-order valence-electron chi connectivity index (χ2n) is 2.01. The van der Waals surface area contributed by atoms with Crippen LogP contribution in [-0.2, 0) is 19.6 Å². The molecule has 0 aliphatic carbocycles. The normalized spacial score (nSPS) is 9.92. The maximum atomic E-state index is 10.4. The number of hydrogen-bond acceptors (Lipinski definition) is 4. The molecule has 0 atom stereocenters. The van der Waals surface area contributed by atoms with Crippen LogP contribution >= 0.6 is 0 Å². The summed E-state index contributed by atoms with van der Waals surface area (Å²) in [6.45, 7) is 3.11. The van der Waals surface area contributed by atoms with Crippen LogP contribution in [0, 0.1) is 0 Å². The Kier molecular flexibility index (Phi) is 9.01. The van der Waals surface area contributed by atoms with Crippen LogP contribution < -0.4 is 0 Å². The molecular weight excluding hydrogens is 207 g/mol. The molecule has 7 heteroatoms. The molecule has 0 spiro atoms. The number of esters is 1. The summed E-state index contributed by atoms with van der Waals surface area (Å²) in [5, 5.41) is 0. The quantitative estimate of drug-likeness (QED) is 0.223. The molecule has 0 bridgehead atoms. The van der Waals surface area contributed by atoms with E-state index >= 15 is 0 Å². The summed E-state index contributed by atoms with van der Waals surface area (Å²) in [4.78, 5) is 10.4. The second kappa shape index (κ2) is 7.52. The van der Waals surface area contributed by atoms with Crippen LogP contribution in [0.2, 0.25) is 0 Å². The Morgan fingerprint density at radius 2 is 2.08 bits per heavy atom. The molecule has 0 aromatic rings. The van der Waals surface area contributed by atoms with Gasteiger partial charge in [0.1, 0.15) is 0 Å². The van der Waals surface area contributed by atoms with Gasteiger partial charge in [0.2, 0.25) is 0 Å². The van der Waals surface area contributed by atoms with Crippen molar-refractivity contribution >= 4 is 45.6 Å². The summed E-state index contributed by atoms with van der Waals surface area (Å²) in [6.07, 6.45) is 1.06. The van der Waals surface area contributed by atoms with E-state index in [0.29, 0.717) is 0 Å². The van der Waals surface area contributed by atoms with Gasteiger partial charge in [-0.3, -0.25) is 4.55 Å². The number of carbonyl (C=O) groups excluding carboxylic acids is 1. The van der Waals surface area contributed by atoms with Crippen molar-refractivity contribution in [3.63, 3.8) is 0 Å². The van der Waals surface area contributed by atoms with Gasteiger partial charge in [0.15, 0.2) is 0 Å². The summed E-state index contributed by atoms with van der Waals surface area (Å²) in [6, 6.07) is 0. The smallest absolute Gasteiger partial charge is 0.330 e. The van der Waals surface area contributed by atoms with E-state index in [-0.39, 0.29) is 42.6 Å². The molecule has 0 heterocycles. The fraction of sp³-hybridized carbons (Fsp3) is 0.500. The third-order valence-electron chi connectivity index (χ3n) is 0.958. The molecule has 0 aliphatic rings. The fourth-order valence-electron chi connectivity index (χ4n) is 0.473. The maximum absolute atomic E-state index is 10.4. The summed E-state index contributed by atoms with van der Waals surface area (Å²) < 4.78 is 33.0. The standard InChI is InChI=1S/C6H10O5S.Na/c1-2-6(7)11-4-3-5-12(8,9)10;/h2H,1,3-5H2,(H,8,9,10);. The Morgan fingerprint density at radius 3 is 2.46 bits per heavy atom. The van der Waals surface area contributed by atoms with E-state index in [1.807, 2.05) is 0 Å². The Bertz CT molecular complexity index is 258. The summed E-state index contributed by atoms with van der Waals surface area (Å²) >= 11 is 0. The molecule has 71 valence electrons. The first-order valence-corrected chi connectivity index (χ1v) is 4.81. The van der Waals surface area contributed by atoms with Gasteiger partial charge in [0.05, 0.1) is 12.4 Å². The van der Waals surface area contributed by atoms with Crippen molar-refractivity contribution in [3.05, 3.63) is 12.7 Å². The number of carbonyl (C=O) groups is 1. The van der Waals surface area contributed by atoms with Crippen LogP contribution in [0.5, 0.6) is 0 Å². The van der Waals surface area contributed by atoms with Crippen LogP contribution in [-0.4, -0.2) is 60.9 Å². The molecule has 0 saturated heterocycles. The fourth-order valence-corrected chi connectivity index (χ4v) is 0.956. The predicted octanol–water partition coefficient (Wildman–Crippen LogP) is -0.387. The van der Waals surface area contributed by atoms with E-state index in [0.717, 1.165) is 6.08 Å². The topological polar surface area (TPSA) is 80.7 Å². The average Bonchev–Trinajstić information content (AvgIpc) is 1.96. The molecule has 0 aromatic carbocycles. The molecule has 0 fully saturated rings. The summed E-state index contributed by atoms with van der Waals surface area (Å²) in [5.74, 6) is -1.01. The average molecular weight is 217 g/mol. The molecule has 1 radical (unpaired) electrons. The number of hydrogen-bond donors (Lipinski definition) is 1. The first-order valence-electron chi connectivity index (χ1n) is 3.20. The minimum Gasteiger partial charge on any atom is -0.463 e. The van der Waals surface area contributed by atoms with E-state index in [4.69, 9.17) is 4.55 Å². The van der Waals surface area contributed by atoms with Gasteiger partial charge in [-0.2, -0.15) is 8.42 Å². The zero-order valence-corrected chi connectivity index (χ0v) is 10.2. The zero-order valence-electron chi connectivity index (χ0n) is 7.39. The largest absolute Gasteiger partial charge is 0.463 e. The first-order chi connectivity index (χ1) is 5.45. The first kappa shape index (κ1) is 15.6. The third kappa shape index (κ3) is 12.1. The predicted molar refractivity (Wildman–Crippen MR) is 47.9 cm³/mol. The van der Waals surface area contributed by atoms with Gasteiger partial charge >= 0.3 is 5.97 Å². The molecule has 5 nitrogen and oxygen atoms in total. The zero-order chi connectivity index (χ0) is 9.61. The van der Waals surface area contributed by atoms with E-state index in [1.165, 1.54) is 0 Å². The molecule has 1 N–H and O–H groups in total. The molecular formula is C6H10NaO5S. The van der Waals surface area contributed by atoms with Gasteiger partial charge in [-0.05, 0) is 6.42 Å². The van der Waals surface area contributed by atoms with Gasteiger partial charge in [-0.1, -0.05) is 6.58 Å². The minimum absolute atomic E-state index is 0. The Morgan fingerprint density at radius 1 is 1.54 bits per heavy atom. The number of ether oxygens (including phenoxy) is 1. The molecule has 0 aromatic heterocycles. The van der Waals surface area contributed by atoms with Crippen molar-refractivity contribution in [1.29, 1.82) is 0 Å². The van der Waals surface area contributed by atoms with Crippen LogP contribution in [0.4, 0.5) is 0 Å². The molecule has 0 unspecified atom stereocenters. The van der Waals surface area contributed by atoms with E-state index < -0.39 is 21.8 Å². The van der Waals surface area contributed by atoms with Crippen LogP contribution in [0.3, 0.4) is 0 Å². The monoisotopic (exact) mass is 217 g/mol. The van der Waals surface area contributed by atoms with Crippen molar-refractivity contribution in [1.82, 2.24) is 0 Å². The Hall–Kier alpha value is 0.120. The Labute approximate surface area is 99.2 Å². The molecule has 0 amide bonds. The van der Waals surface area contributed by atoms with Crippen LogP contribution in [0.1, 0.15) is 6.42 Å². The maximum Gasteiger partial charge on any atom is 0.330 e. The third-order valence-corrected chi connectivity index (χ3v) is 1.76. The molecule has 0 rings (SSSR count). The van der Waals surface area contributed by atoms with Gasteiger partial charge in [-0.25, -0.2) is 4.79 Å². The van der Waals surface area contributed by atoms with E-state index in [1.54, 1.807) is 0 Å². The number of rotatable bonds is 5. The van der Waals surface area contributed by atoms with E-state index in [2.05, 4.69) is 11.3 Å². The van der Waals surface area contributed by atoms with Crippen molar-refractivity contribution in [2.75, 3.05) is 12.4 Å². The van der Waals surface area contributed by atoms with Crippen LogP contribution in [0.15, 0.2) is 12.7 Å². The molecule has 0 saturated carbocycles. The minimum atomic E-state index is -3.95. The summed E-state index contributed by atoms with van der Waals surface area (Å²) in [7, 11) is -3.95. The van der Waals surface area contributed by atoms with Gasteiger partial charge < -0.3 is 4.74 Å². The van der Waals surface area contributed by atoms with Crippen molar-refractivity contribution < 1.29 is 22.5 Å². The van der Waals surface area contributed by atoms with Crippen molar-refractivity contribution in [2.45, 2.75) is 6.42 Å². The molecule has 13 heavy (non-hydrogen) atoms. The Balaban J connectivity index is 0. The second-order valence-corrected chi connectivity index (χ2v) is 3.58. The SMILES string of the molecule is C=CC(=O)OCCCS(=O)(=O)O.[Na]. The van der Waals surface area contributed by atoms with Gasteiger partial charge in [0.25, 0.3) is 10.1 Å². The summed E-state index contributed by atoms with van der Waals surface area (Å²) in [5.41, 5.74) is 0. The van der Waals surface area contributed by atoms with Crippen molar-refractivity contribution in [3.8, 4) is 0 Å². The van der Waals surface area contributed by atoms with Crippen LogP contribution in [0.25, 0.3) is 0 Å².